The molecule has 0 fully saturated rings. The molecule has 0 aliphatic rings. The lowest BCUT2D eigenvalue weighted by Gasteiger charge is -2.11. The van der Waals surface area contributed by atoms with E-state index in [0.717, 1.165) is 15.8 Å². The second kappa shape index (κ2) is 9.71. The van der Waals surface area contributed by atoms with Crippen LogP contribution in [0.4, 0.5) is 5.00 Å². The van der Waals surface area contributed by atoms with Crippen LogP contribution < -0.4 is 10.1 Å². The monoisotopic (exact) mass is 460 g/mol. The maximum Gasteiger partial charge on any atom is 0.254 e. The summed E-state index contributed by atoms with van der Waals surface area (Å²) in [5.41, 5.74) is 1.39. The summed E-state index contributed by atoms with van der Waals surface area (Å²) in [7, 11) is 0. The summed E-state index contributed by atoms with van der Waals surface area (Å²) in [6, 6.07) is 11.2. The van der Waals surface area contributed by atoms with Gasteiger partial charge in [-0.15, -0.1) is 11.3 Å². The van der Waals surface area contributed by atoms with Gasteiger partial charge in [0.2, 0.25) is 0 Å². The number of thiophene rings is 1. The lowest BCUT2D eigenvalue weighted by molar-refractivity contribution is 0.0949. The Hall–Kier alpha value is -2.38. The second-order valence-electron chi connectivity index (χ2n) is 6.55. The van der Waals surface area contributed by atoms with Crippen molar-refractivity contribution in [1.82, 2.24) is 5.32 Å². The standard InChI is InChI=1S/C21H21BrN2O3S/c1-14(2)13-27-19-6-5-16(22)10-15(19)11-24-21-18(7-9-28-21)20(25)23-12-17-4-3-8-26-17/h3-11,14H,12-13H2,1-2H3,(H,23,25)/b24-11+. The Morgan fingerprint density at radius 1 is 1.36 bits per heavy atom. The van der Waals surface area contributed by atoms with Gasteiger partial charge in [0.15, 0.2) is 0 Å². The van der Waals surface area contributed by atoms with Gasteiger partial charge in [-0.3, -0.25) is 4.79 Å². The molecule has 28 heavy (non-hydrogen) atoms. The SMILES string of the molecule is CC(C)COc1ccc(Br)cc1/C=N/c1sccc1C(=O)NCc1ccco1. The Labute approximate surface area is 176 Å². The highest BCUT2D eigenvalue weighted by molar-refractivity contribution is 9.10. The van der Waals surface area contributed by atoms with Gasteiger partial charge in [-0.05, 0) is 47.7 Å². The highest BCUT2D eigenvalue weighted by atomic mass is 79.9. The normalized spacial score (nSPS) is 11.3. The molecule has 146 valence electrons. The predicted molar refractivity (Wildman–Crippen MR) is 116 cm³/mol. The van der Waals surface area contributed by atoms with Crippen LogP contribution in [0.25, 0.3) is 0 Å². The van der Waals surface area contributed by atoms with E-state index in [2.05, 4.69) is 40.1 Å². The third-order valence-corrected chi connectivity index (χ3v) is 5.07. The number of hydrogen-bond donors (Lipinski definition) is 1. The summed E-state index contributed by atoms with van der Waals surface area (Å²) in [4.78, 5) is 17.0. The molecule has 1 N–H and O–H groups in total. The van der Waals surface area contributed by atoms with Gasteiger partial charge in [0, 0.05) is 16.3 Å². The molecule has 0 aliphatic heterocycles. The molecule has 0 unspecified atom stereocenters. The molecule has 0 atom stereocenters. The van der Waals surface area contributed by atoms with Crippen LogP contribution in [-0.2, 0) is 6.54 Å². The molecule has 5 nitrogen and oxygen atoms in total. The van der Waals surface area contributed by atoms with Gasteiger partial charge in [0.25, 0.3) is 5.91 Å². The summed E-state index contributed by atoms with van der Waals surface area (Å²) in [5.74, 6) is 1.71. The van der Waals surface area contributed by atoms with E-state index in [0.29, 0.717) is 35.4 Å². The van der Waals surface area contributed by atoms with Crippen molar-refractivity contribution in [3.8, 4) is 5.75 Å². The average molecular weight is 461 g/mol. The number of hydrogen-bond acceptors (Lipinski definition) is 5. The number of benzene rings is 1. The fourth-order valence-electron chi connectivity index (χ4n) is 2.39. The van der Waals surface area contributed by atoms with Crippen LogP contribution in [0.15, 0.2) is 61.9 Å². The number of carbonyl (C=O) groups excluding carboxylic acids is 1. The maximum absolute atomic E-state index is 12.5. The van der Waals surface area contributed by atoms with Crippen LogP contribution >= 0.6 is 27.3 Å². The Kier molecular flexibility index (Phi) is 7.06. The molecular formula is C21H21BrN2O3S. The summed E-state index contributed by atoms with van der Waals surface area (Å²) in [6.07, 6.45) is 3.31. The molecule has 3 aromatic rings. The summed E-state index contributed by atoms with van der Waals surface area (Å²) < 4.78 is 12.1. The van der Waals surface area contributed by atoms with E-state index in [9.17, 15) is 4.79 Å². The van der Waals surface area contributed by atoms with Crippen LogP contribution in [0.1, 0.15) is 35.5 Å². The van der Waals surface area contributed by atoms with E-state index in [-0.39, 0.29) is 5.91 Å². The van der Waals surface area contributed by atoms with Crippen molar-refractivity contribution in [2.75, 3.05) is 6.61 Å². The van der Waals surface area contributed by atoms with Gasteiger partial charge < -0.3 is 14.5 Å². The zero-order valence-electron chi connectivity index (χ0n) is 15.6. The van der Waals surface area contributed by atoms with Crippen molar-refractivity contribution < 1.29 is 13.9 Å². The summed E-state index contributed by atoms with van der Waals surface area (Å²) in [6.45, 7) is 5.17. The van der Waals surface area contributed by atoms with Gasteiger partial charge in [0.05, 0.1) is 25.0 Å². The van der Waals surface area contributed by atoms with Gasteiger partial charge >= 0.3 is 0 Å². The van der Waals surface area contributed by atoms with E-state index >= 15 is 0 Å². The Balaban J connectivity index is 1.74. The van der Waals surface area contributed by atoms with Crippen molar-refractivity contribution in [1.29, 1.82) is 0 Å². The average Bonchev–Trinajstić information content (AvgIpc) is 3.35. The van der Waals surface area contributed by atoms with E-state index in [1.807, 2.05) is 29.6 Å². The van der Waals surface area contributed by atoms with Crippen LogP contribution in [0.2, 0.25) is 0 Å². The van der Waals surface area contributed by atoms with Gasteiger partial charge in [-0.2, -0.15) is 0 Å². The van der Waals surface area contributed by atoms with Crippen molar-refractivity contribution in [3.63, 3.8) is 0 Å². The minimum atomic E-state index is -0.185. The zero-order chi connectivity index (χ0) is 19.9. The van der Waals surface area contributed by atoms with Crippen molar-refractivity contribution >= 4 is 44.4 Å². The molecule has 0 aliphatic carbocycles. The number of rotatable bonds is 8. The number of nitrogens with zero attached hydrogens (tertiary/aromatic N) is 1. The minimum Gasteiger partial charge on any atom is -0.493 e. The number of aliphatic imine (C=N–C) groups is 1. The quantitative estimate of drug-likeness (QED) is 0.430. The summed E-state index contributed by atoms with van der Waals surface area (Å²) in [5, 5.41) is 5.35. The second-order valence-corrected chi connectivity index (χ2v) is 8.36. The molecule has 1 aromatic carbocycles. The predicted octanol–water partition coefficient (Wildman–Crippen LogP) is 5.82. The van der Waals surface area contributed by atoms with Gasteiger partial charge in [0.1, 0.15) is 16.5 Å². The number of amides is 1. The molecule has 0 radical (unpaired) electrons. The number of halogens is 1. The minimum absolute atomic E-state index is 0.185. The van der Waals surface area contributed by atoms with Crippen molar-refractivity contribution in [2.45, 2.75) is 20.4 Å². The maximum atomic E-state index is 12.5. The van der Waals surface area contributed by atoms with Crippen molar-refractivity contribution in [3.05, 3.63) is 69.4 Å². The smallest absolute Gasteiger partial charge is 0.254 e. The number of ether oxygens (including phenoxy) is 1. The lowest BCUT2D eigenvalue weighted by atomic mass is 10.2. The Morgan fingerprint density at radius 2 is 2.21 bits per heavy atom. The van der Waals surface area contributed by atoms with E-state index < -0.39 is 0 Å². The number of furan rings is 1. The molecule has 1 amide bonds. The zero-order valence-corrected chi connectivity index (χ0v) is 18.0. The van der Waals surface area contributed by atoms with E-state index in [4.69, 9.17) is 9.15 Å². The Morgan fingerprint density at radius 3 is 2.96 bits per heavy atom. The fourth-order valence-corrected chi connectivity index (χ4v) is 3.50. The largest absolute Gasteiger partial charge is 0.493 e. The highest BCUT2D eigenvalue weighted by Gasteiger charge is 2.13. The number of carbonyl (C=O) groups is 1. The third-order valence-electron chi connectivity index (χ3n) is 3.76. The Bertz CT molecular complexity index is 948. The first kappa shape index (κ1) is 20.4. The van der Waals surface area contributed by atoms with Crippen molar-refractivity contribution in [2.24, 2.45) is 10.9 Å². The number of nitrogens with one attached hydrogen (secondary N) is 1. The molecule has 0 bridgehead atoms. The first-order chi connectivity index (χ1) is 13.5. The van der Waals surface area contributed by atoms with Crippen LogP contribution in [-0.4, -0.2) is 18.7 Å². The topological polar surface area (TPSA) is 63.8 Å². The molecule has 0 saturated carbocycles. The molecule has 0 saturated heterocycles. The molecular weight excluding hydrogens is 440 g/mol. The molecule has 2 aromatic heterocycles. The van der Waals surface area contributed by atoms with Gasteiger partial charge in [-0.1, -0.05) is 29.8 Å². The lowest BCUT2D eigenvalue weighted by Crippen LogP contribution is -2.22. The first-order valence-corrected chi connectivity index (χ1v) is 10.5. The third kappa shape index (κ3) is 5.56. The van der Waals surface area contributed by atoms with Gasteiger partial charge in [-0.25, -0.2) is 4.99 Å². The van der Waals surface area contributed by atoms with Crippen LogP contribution in [0.3, 0.4) is 0 Å². The first-order valence-electron chi connectivity index (χ1n) is 8.87. The van der Waals surface area contributed by atoms with E-state index in [1.165, 1.54) is 11.3 Å². The highest BCUT2D eigenvalue weighted by Crippen LogP contribution is 2.28. The van der Waals surface area contributed by atoms with Crippen LogP contribution in [0, 0.1) is 5.92 Å². The molecule has 0 spiro atoms. The van der Waals surface area contributed by atoms with Crippen LogP contribution in [0.5, 0.6) is 5.75 Å². The van der Waals surface area contributed by atoms with E-state index in [1.54, 1.807) is 24.6 Å². The molecule has 3 rings (SSSR count). The molecule has 2 heterocycles. The fraction of sp³-hybridized carbons (Fsp3) is 0.238. The summed E-state index contributed by atoms with van der Waals surface area (Å²) >= 11 is 4.90. The molecule has 7 heteroatoms.